The molecule has 0 bridgehead atoms. The van der Waals surface area contributed by atoms with Crippen LogP contribution in [0, 0.1) is 13.8 Å². The Morgan fingerprint density at radius 3 is 2.50 bits per heavy atom. The molecule has 2 aromatic carbocycles. The Bertz CT molecular complexity index is 846. The maximum Gasteiger partial charge on any atom is 0.279 e. The van der Waals surface area contributed by atoms with E-state index in [4.69, 9.17) is 0 Å². The minimum absolute atomic E-state index is 0.131. The molecule has 1 aliphatic heterocycles. The van der Waals surface area contributed by atoms with Gasteiger partial charge in [0, 0.05) is 12.1 Å². The van der Waals surface area contributed by atoms with Gasteiger partial charge < -0.3 is 10.0 Å². The summed E-state index contributed by atoms with van der Waals surface area (Å²) >= 11 is 0. The monoisotopic (exact) mass is 321 g/mol. The topological polar surface area (TPSA) is 65.3 Å². The van der Waals surface area contributed by atoms with E-state index in [2.05, 4.69) is 10.2 Å². The normalized spacial score (nSPS) is 15.5. The number of carbonyl (C=O) groups is 1. The van der Waals surface area contributed by atoms with Gasteiger partial charge in [-0.25, -0.2) is 0 Å². The zero-order chi connectivity index (χ0) is 17.3. The molecule has 1 aliphatic rings. The van der Waals surface area contributed by atoms with E-state index in [9.17, 15) is 9.90 Å². The van der Waals surface area contributed by atoms with Gasteiger partial charge in [-0.05, 0) is 55.7 Å². The number of hydrogen-bond donors (Lipinski definition) is 1. The van der Waals surface area contributed by atoms with Crippen LogP contribution in [0.25, 0.3) is 0 Å². The minimum Gasteiger partial charge on any atom is -0.507 e. The molecule has 0 saturated carbocycles. The fourth-order valence-electron chi connectivity index (χ4n) is 2.89. The van der Waals surface area contributed by atoms with Crippen LogP contribution in [0.2, 0.25) is 0 Å². The van der Waals surface area contributed by atoms with Gasteiger partial charge in [0.15, 0.2) is 5.71 Å². The molecule has 0 saturated heterocycles. The number of para-hydroxylation sites is 1. The Morgan fingerprint density at radius 2 is 1.83 bits per heavy atom. The van der Waals surface area contributed by atoms with Crippen molar-refractivity contribution < 1.29 is 9.90 Å². The molecule has 0 unspecified atom stereocenters. The third-order valence-corrected chi connectivity index (χ3v) is 4.09. The van der Waals surface area contributed by atoms with Crippen molar-refractivity contribution in [2.45, 2.75) is 20.8 Å². The predicted octanol–water partition coefficient (Wildman–Crippen LogP) is 3.20. The summed E-state index contributed by atoms with van der Waals surface area (Å²) in [5.74, 6) is 0.158. The van der Waals surface area contributed by atoms with Gasteiger partial charge in [0.05, 0.1) is 11.9 Å². The molecule has 122 valence electrons. The standard InChI is InChI=1S/C19H19N3O2/c1-4-22-16-8-6-5-7-15(16)17(19(22)24)21-20-11-14-9-12(2)18(23)13(3)10-14/h5-11,23H,4H2,1-3H3/b20-11+,21-17+. The quantitative estimate of drug-likeness (QED) is 0.697. The molecule has 1 amide bonds. The third-order valence-electron chi connectivity index (χ3n) is 4.09. The first-order chi connectivity index (χ1) is 11.5. The summed E-state index contributed by atoms with van der Waals surface area (Å²) < 4.78 is 0. The lowest BCUT2D eigenvalue weighted by molar-refractivity contribution is -0.112. The number of fused-ring (bicyclic) bond motifs is 1. The van der Waals surface area contributed by atoms with Gasteiger partial charge in [-0.2, -0.15) is 5.10 Å². The van der Waals surface area contributed by atoms with Crippen molar-refractivity contribution in [1.82, 2.24) is 0 Å². The van der Waals surface area contributed by atoms with Crippen LogP contribution in [0.3, 0.4) is 0 Å². The van der Waals surface area contributed by atoms with Crippen molar-refractivity contribution in [1.29, 1.82) is 0 Å². The Labute approximate surface area is 141 Å². The number of aryl methyl sites for hydroxylation is 2. The van der Waals surface area contributed by atoms with Gasteiger partial charge in [-0.1, -0.05) is 18.2 Å². The number of hydrogen-bond acceptors (Lipinski definition) is 4. The maximum absolute atomic E-state index is 12.5. The highest BCUT2D eigenvalue weighted by Crippen LogP contribution is 2.28. The largest absolute Gasteiger partial charge is 0.507 e. The number of benzene rings is 2. The summed E-state index contributed by atoms with van der Waals surface area (Å²) in [6.07, 6.45) is 1.59. The highest BCUT2D eigenvalue weighted by atomic mass is 16.3. The lowest BCUT2D eigenvalue weighted by Crippen LogP contribution is -2.29. The Morgan fingerprint density at radius 1 is 1.17 bits per heavy atom. The number of phenols is 1. The second-order valence-electron chi connectivity index (χ2n) is 5.76. The van der Waals surface area contributed by atoms with E-state index in [0.717, 1.165) is 27.9 Å². The number of phenolic OH excluding ortho intramolecular Hbond substituents is 1. The fraction of sp³-hybridized carbons (Fsp3) is 0.211. The first kappa shape index (κ1) is 15.9. The van der Waals surface area contributed by atoms with E-state index in [1.807, 2.05) is 57.2 Å². The smallest absolute Gasteiger partial charge is 0.279 e. The molecule has 0 spiro atoms. The molecule has 0 aliphatic carbocycles. The van der Waals surface area contributed by atoms with Crippen molar-refractivity contribution in [2.24, 2.45) is 10.2 Å². The zero-order valence-electron chi connectivity index (χ0n) is 13.9. The molecular weight excluding hydrogens is 302 g/mol. The van der Waals surface area contributed by atoms with Gasteiger partial charge in [0.1, 0.15) is 5.75 Å². The summed E-state index contributed by atoms with van der Waals surface area (Å²) in [5, 5.41) is 18.0. The number of amides is 1. The van der Waals surface area contributed by atoms with Gasteiger partial charge in [0.25, 0.3) is 5.91 Å². The Balaban J connectivity index is 1.94. The summed E-state index contributed by atoms with van der Waals surface area (Å²) in [7, 11) is 0. The minimum atomic E-state index is -0.131. The van der Waals surface area contributed by atoms with Crippen LogP contribution in [-0.4, -0.2) is 29.5 Å². The first-order valence-corrected chi connectivity index (χ1v) is 7.85. The summed E-state index contributed by atoms with van der Waals surface area (Å²) in [4.78, 5) is 14.2. The van der Waals surface area contributed by atoms with Crippen molar-refractivity contribution in [2.75, 3.05) is 11.4 Å². The van der Waals surface area contributed by atoms with E-state index >= 15 is 0 Å². The number of rotatable bonds is 3. The molecule has 1 N–H and O–H groups in total. The van der Waals surface area contributed by atoms with Crippen LogP contribution in [0.5, 0.6) is 5.75 Å². The molecule has 0 aromatic heterocycles. The average molecular weight is 321 g/mol. The second-order valence-corrected chi connectivity index (χ2v) is 5.76. The molecule has 3 rings (SSSR count). The van der Waals surface area contributed by atoms with E-state index in [1.54, 1.807) is 11.1 Å². The van der Waals surface area contributed by atoms with Crippen molar-refractivity contribution in [3.05, 3.63) is 58.7 Å². The Hall–Kier alpha value is -2.95. The number of aromatic hydroxyl groups is 1. The van der Waals surface area contributed by atoms with Gasteiger partial charge in [0.2, 0.25) is 0 Å². The highest BCUT2D eigenvalue weighted by molar-refractivity contribution is 6.54. The molecule has 0 radical (unpaired) electrons. The van der Waals surface area contributed by atoms with E-state index in [-0.39, 0.29) is 11.7 Å². The van der Waals surface area contributed by atoms with Crippen LogP contribution < -0.4 is 4.90 Å². The molecule has 2 aromatic rings. The third kappa shape index (κ3) is 2.69. The fourth-order valence-corrected chi connectivity index (χ4v) is 2.89. The van der Waals surface area contributed by atoms with Crippen LogP contribution in [0.1, 0.15) is 29.2 Å². The summed E-state index contributed by atoms with van der Waals surface area (Å²) in [6, 6.07) is 11.2. The van der Waals surface area contributed by atoms with Gasteiger partial charge in [-0.3, -0.25) is 4.79 Å². The lowest BCUT2D eigenvalue weighted by atomic mass is 10.1. The van der Waals surface area contributed by atoms with Crippen LogP contribution in [0.4, 0.5) is 5.69 Å². The van der Waals surface area contributed by atoms with Gasteiger partial charge >= 0.3 is 0 Å². The molecule has 24 heavy (non-hydrogen) atoms. The Kier molecular flexibility index (Phi) is 4.16. The van der Waals surface area contributed by atoms with Crippen molar-refractivity contribution in [3.63, 3.8) is 0 Å². The number of nitrogens with zero attached hydrogens (tertiary/aromatic N) is 3. The van der Waals surface area contributed by atoms with Crippen molar-refractivity contribution in [3.8, 4) is 5.75 Å². The zero-order valence-corrected chi connectivity index (χ0v) is 13.9. The van der Waals surface area contributed by atoms with Gasteiger partial charge in [-0.15, -0.1) is 5.10 Å². The molecule has 5 heteroatoms. The second kappa shape index (κ2) is 6.28. The molecule has 0 fully saturated rings. The molecule has 0 atom stereocenters. The molecule has 5 nitrogen and oxygen atoms in total. The van der Waals surface area contributed by atoms with E-state index in [1.165, 1.54) is 0 Å². The van der Waals surface area contributed by atoms with E-state index < -0.39 is 0 Å². The predicted molar refractivity (Wildman–Crippen MR) is 96.2 cm³/mol. The van der Waals surface area contributed by atoms with Crippen LogP contribution >= 0.6 is 0 Å². The average Bonchev–Trinajstić information content (AvgIpc) is 2.84. The highest BCUT2D eigenvalue weighted by Gasteiger charge is 2.32. The number of likely N-dealkylation sites (N-methyl/N-ethyl adjacent to an activating group) is 1. The summed E-state index contributed by atoms with van der Waals surface area (Å²) in [5.41, 5.74) is 4.43. The maximum atomic E-state index is 12.5. The van der Waals surface area contributed by atoms with Crippen LogP contribution in [0.15, 0.2) is 46.6 Å². The number of anilines is 1. The van der Waals surface area contributed by atoms with Crippen molar-refractivity contribution >= 4 is 23.5 Å². The molecular formula is C19H19N3O2. The van der Waals surface area contributed by atoms with E-state index in [0.29, 0.717) is 12.3 Å². The SMILES string of the molecule is CCN1C(=O)/C(=N/N=C/c2cc(C)c(O)c(C)c2)c2ccccc21. The molecule has 1 heterocycles. The number of carbonyl (C=O) groups excluding carboxylic acids is 1. The lowest BCUT2D eigenvalue weighted by Gasteiger charge is -2.12. The summed E-state index contributed by atoms with van der Waals surface area (Å²) in [6.45, 7) is 6.20. The van der Waals surface area contributed by atoms with Crippen LogP contribution in [-0.2, 0) is 4.79 Å². The first-order valence-electron chi connectivity index (χ1n) is 7.85.